The quantitative estimate of drug-likeness (QED) is 0.412. The number of nitrogens with zero attached hydrogens (tertiary/aromatic N) is 1. The van der Waals surface area contributed by atoms with Gasteiger partial charge in [0, 0.05) is 12.0 Å². The molecule has 8 rings (SSSR count). The molecular formula is C37H61NO7. The molecule has 8 fully saturated rings. The lowest BCUT2D eigenvalue weighted by molar-refractivity contribution is -0.256. The second kappa shape index (κ2) is 10.1. The van der Waals surface area contributed by atoms with Gasteiger partial charge >= 0.3 is 0 Å². The van der Waals surface area contributed by atoms with Gasteiger partial charge in [0.2, 0.25) is 0 Å². The lowest BCUT2D eigenvalue weighted by Crippen LogP contribution is -2.60. The van der Waals surface area contributed by atoms with E-state index in [2.05, 4.69) is 39.5 Å². The highest BCUT2D eigenvalue weighted by atomic mass is 16.7. The highest BCUT2D eigenvalue weighted by Gasteiger charge is 2.84. The first-order chi connectivity index (χ1) is 21.1. The van der Waals surface area contributed by atoms with Crippen molar-refractivity contribution >= 4 is 0 Å². The van der Waals surface area contributed by atoms with Crippen molar-refractivity contribution in [3.63, 3.8) is 0 Å². The van der Waals surface area contributed by atoms with E-state index in [1.807, 2.05) is 0 Å². The average Bonchev–Trinajstić information content (AvgIpc) is 3.57. The Hall–Kier alpha value is -0.320. The van der Waals surface area contributed by atoms with Crippen LogP contribution >= 0.6 is 0 Å². The summed E-state index contributed by atoms with van der Waals surface area (Å²) in [5, 5.41) is 34.1. The first-order valence-electron chi connectivity index (χ1n) is 18.4. The highest BCUT2D eigenvalue weighted by Crippen LogP contribution is 2.89. The van der Waals surface area contributed by atoms with Crippen molar-refractivity contribution in [3.8, 4) is 0 Å². The molecule has 3 N–H and O–H groups in total. The lowest BCUT2D eigenvalue weighted by Gasteiger charge is -2.64. The monoisotopic (exact) mass is 631 g/mol. The van der Waals surface area contributed by atoms with E-state index in [9.17, 15) is 15.3 Å². The fourth-order valence-electron chi connectivity index (χ4n) is 13.9. The minimum atomic E-state index is -1.24. The first kappa shape index (κ1) is 31.9. The highest BCUT2D eigenvalue weighted by molar-refractivity contribution is 5.33. The summed E-state index contributed by atoms with van der Waals surface area (Å²) in [4.78, 5) is 2.50. The van der Waals surface area contributed by atoms with Crippen LogP contribution in [0.1, 0.15) is 99.8 Å². The fraction of sp³-hybridized carbons (Fsp3) is 1.00. The van der Waals surface area contributed by atoms with E-state index in [4.69, 9.17) is 18.9 Å². The number of hydrogen-bond donors (Lipinski definition) is 3. The van der Waals surface area contributed by atoms with Crippen LogP contribution < -0.4 is 0 Å². The van der Waals surface area contributed by atoms with Crippen LogP contribution in [-0.4, -0.2) is 102 Å². The normalized spacial score (nSPS) is 54.9. The molecule has 3 heterocycles. The Labute approximate surface area is 270 Å². The van der Waals surface area contributed by atoms with E-state index >= 15 is 0 Å². The minimum absolute atomic E-state index is 0.0147. The van der Waals surface area contributed by atoms with Crippen molar-refractivity contribution in [1.29, 1.82) is 0 Å². The summed E-state index contributed by atoms with van der Waals surface area (Å²) in [6.07, 6.45) is 6.81. The second-order valence-corrected chi connectivity index (χ2v) is 18.8. The zero-order valence-electron chi connectivity index (χ0n) is 29.0. The molecule has 45 heavy (non-hydrogen) atoms. The van der Waals surface area contributed by atoms with Gasteiger partial charge in [-0.15, -0.1) is 0 Å². The van der Waals surface area contributed by atoms with E-state index in [1.54, 1.807) is 13.8 Å². The second-order valence-electron chi connectivity index (χ2n) is 18.8. The fourth-order valence-corrected chi connectivity index (χ4v) is 13.9. The van der Waals surface area contributed by atoms with Gasteiger partial charge in [-0.05, 0) is 111 Å². The molecule has 3 saturated heterocycles. The summed E-state index contributed by atoms with van der Waals surface area (Å²) >= 11 is 0. The third kappa shape index (κ3) is 4.12. The number of hydrogen-bond acceptors (Lipinski definition) is 8. The number of ether oxygens (including phenoxy) is 4. The maximum atomic E-state index is 12.4. The Morgan fingerprint density at radius 3 is 2.38 bits per heavy atom. The molecule has 8 heteroatoms. The van der Waals surface area contributed by atoms with Crippen LogP contribution in [0.2, 0.25) is 0 Å². The average molecular weight is 632 g/mol. The zero-order chi connectivity index (χ0) is 31.9. The molecule has 0 amide bonds. The molecule has 3 aliphatic heterocycles. The maximum absolute atomic E-state index is 12.4. The number of aliphatic hydroxyl groups excluding tert-OH is 2. The Morgan fingerprint density at radius 1 is 0.978 bits per heavy atom. The van der Waals surface area contributed by atoms with E-state index < -0.39 is 23.9 Å². The Bertz CT molecular complexity index is 1170. The first-order valence-corrected chi connectivity index (χ1v) is 18.4. The number of fused-ring (bicyclic) bond motifs is 4. The molecule has 8 nitrogen and oxygen atoms in total. The molecule has 0 radical (unpaired) electrons. The summed E-state index contributed by atoms with van der Waals surface area (Å²) < 4.78 is 25.2. The molecule has 5 saturated carbocycles. The van der Waals surface area contributed by atoms with Crippen LogP contribution in [0.4, 0.5) is 0 Å². The topological polar surface area (TPSA) is 101 Å². The van der Waals surface area contributed by atoms with Crippen LogP contribution in [0, 0.1) is 50.7 Å². The third-order valence-electron chi connectivity index (χ3n) is 16.4. The standard InChI is InChI=1S/C37H61NO7/c1-21-16-23(30(39)33(4,5)41)44-29-28(21)34(6)12-13-37-20-36(37)11-10-26(45-27-17-38(14-15-43-27)22-18-42-19-22)32(2,3)24(36)8-9-25(37)35(34,7)31(29)40/h21-31,39-41H,8-20H2,1-7H3/t21-,23?,24+,25?,26?,27+,28+,29?,30?,31+,34?,35-,36?,37?/m1/s1. The Morgan fingerprint density at radius 2 is 1.69 bits per heavy atom. The molecule has 0 aromatic heterocycles. The van der Waals surface area contributed by atoms with Gasteiger partial charge in [-0.3, -0.25) is 4.90 Å². The lowest BCUT2D eigenvalue weighted by atomic mass is 9.41. The molecule has 0 aromatic rings. The summed E-state index contributed by atoms with van der Waals surface area (Å²) in [7, 11) is 0. The summed E-state index contributed by atoms with van der Waals surface area (Å²) in [6, 6.07) is 0.517. The van der Waals surface area contributed by atoms with E-state index in [0.29, 0.717) is 34.6 Å². The molecule has 256 valence electrons. The minimum Gasteiger partial charge on any atom is -0.390 e. The van der Waals surface area contributed by atoms with Gasteiger partial charge in [-0.1, -0.05) is 34.6 Å². The molecular weight excluding hydrogens is 570 g/mol. The number of morpholine rings is 1. The predicted molar refractivity (Wildman–Crippen MR) is 169 cm³/mol. The van der Waals surface area contributed by atoms with Crippen LogP contribution in [0.3, 0.4) is 0 Å². The smallest absolute Gasteiger partial charge is 0.170 e. The van der Waals surface area contributed by atoms with Crippen LogP contribution in [0.25, 0.3) is 0 Å². The van der Waals surface area contributed by atoms with Crippen LogP contribution in [0.5, 0.6) is 0 Å². The number of rotatable bonds is 5. The van der Waals surface area contributed by atoms with Gasteiger partial charge in [0.05, 0.1) is 62.4 Å². The van der Waals surface area contributed by atoms with E-state index in [1.165, 1.54) is 25.7 Å². The summed E-state index contributed by atoms with van der Waals surface area (Å²) in [5.41, 5.74) is -0.794. The summed E-state index contributed by atoms with van der Waals surface area (Å²) in [6.45, 7) is 19.7. The Balaban J connectivity index is 1.03. The third-order valence-corrected chi connectivity index (χ3v) is 16.4. The van der Waals surface area contributed by atoms with E-state index in [0.717, 1.165) is 58.6 Å². The Kier molecular flexibility index (Phi) is 7.18. The van der Waals surface area contributed by atoms with Gasteiger partial charge in [0.25, 0.3) is 0 Å². The SMILES string of the molecule is C[C@@H]1CC(C(O)C(C)(C)O)OC2[C@H]1C1(C)CCC34CC35CCC(O[C@H]3CN(C6COC6)CCO3)C(C)(C)[C@@H]5CCC4[C@]1(C)[C@H]2O. The molecule has 8 aliphatic rings. The van der Waals surface area contributed by atoms with Crippen molar-refractivity contribution in [1.82, 2.24) is 4.90 Å². The molecule has 0 bridgehead atoms. The molecule has 5 aliphatic carbocycles. The van der Waals surface area contributed by atoms with Gasteiger partial charge in [-0.25, -0.2) is 0 Å². The molecule has 2 spiro atoms. The van der Waals surface area contributed by atoms with Crippen molar-refractivity contribution in [3.05, 3.63) is 0 Å². The van der Waals surface area contributed by atoms with Crippen molar-refractivity contribution in [2.24, 2.45) is 50.7 Å². The maximum Gasteiger partial charge on any atom is 0.170 e. The van der Waals surface area contributed by atoms with Crippen molar-refractivity contribution < 1.29 is 34.3 Å². The molecule has 14 atom stereocenters. The molecule has 0 aromatic carbocycles. The predicted octanol–water partition coefficient (Wildman–Crippen LogP) is 4.37. The summed E-state index contributed by atoms with van der Waals surface area (Å²) in [5.74, 6) is 1.67. The van der Waals surface area contributed by atoms with Crippen molar-refractivity contribution in [2.75, 3.05) is 32.9 Å². The van der Waals surface area contributed by atoms with Crippen LogP contribution in [-0.2, 0) is 18.9 Å². The van der Waals surface area contributed by atoms with Gasteiger partial charge < -0.3 is 34.3 Å². The zero-order valence-corrected chi connectivity index (χ0v) is 29.0. The van der Waals surface area contributed by atoms with Gasteiger partial charge in [0.1, 0.15) is 6.10 Å². The van der Waals surface area contributed by atoms with Crippen LogP contribution in [0.15, 0.2) is 0 Å². The van der Waals surface area contributed by atoms with E-state index in [-0.39, 0.29) is 40.7 Å². The largest absolute Gasteiger partial charge is 0.390 e. The molecule has 8 unspecified atom stereocenters. The number of aliphatic hydroxyl groups is 3. The van der Waals surface area contributed by atoms with Crippen molar-refractivity contribution in [2.45, 2.75) is 148 Å². The van der Waals surface area contributed by atoms with Gasteiger partial charge in [-0.2, -0.15) is 0 Å². The van der Waals surface area contributed by atoms with Gasteiger partial charge in [0.15, 0.2) is 6.29 Å².